The Kier molecular flexibility index (Phi) is 2.77. The monoisotopic (exact) mass is 370 g/mol. The molecule has 0 amide bonds. The van der Waals surface area contributed by atoms with Gasteiger partial charge in [0.2, 0.25) is 0 Å². The Bertz CT molecular complexity index is 754. The smallest absolute Gasteiger partial charge is 0.342 e. The molecule has 19 heavy (non-hydrogen) atoms. The van der Waals surface area contributed by atoms with E-state index in [0.717, 1.165) is 9.77 Å². The minimum absolute atomic E-state index is 0.141. The molecule has 0 bridgehead atoms. The lowest BCUT2D eigenvalue weighted by Crippen LogP contribution is -2.32. The molecule has 7 heteroatoms. The molecule has 0 spiro atoms. The number of aromatic carboxylic acids is 1. The highest BCUT2D eigenvalue weighted by atomic mass is 127. The number of nitrogens with zero attached hydrogens (tertiary/aromatic N) is 2. The van der Waals surface area contributed by atoms with E-state index in [1.54, 1.807) is 12.1 Å². The molecule has 0 aliphatic carbocycles. The largest absolute Gasteiger partial charge is 0.483 e. The molecule has 0 radical (unpaired) electrons. The van der Waals surface area contributed by atoms with E-state index in [4.69, 9.17) is 9.84 Å². The molecule has 6 nitrogen and oxygen atoms in total. The van der Waals surface area contributed by atoms with Gasteiger partial charge in [-0.15, -0.1) is 0 Å². The van der Waals surface area contributed by atoms with Crippen molar-refractivity contribution in [2.24, 2.45) is 0 Å². The second kappa shape index (κ2) is 4.34. The molecule has 0 unspecified atom stereocenters. The number of rotatable bonds is 1. The molecule has 96 valence electrons. The Morgan fingerprint density at radius 2 is 2.26 bits per heavy atom. The Morgan fingerprint density at radius 1 is 1.47 bits per heavy atom. The third-order valence-corrected chi connectivity index (χ3v) is 3.46. The number of ether oxygens (including phenoxy) is 1. The van der Waals surface area contributed by atoms with Crippen molar-refractivity contribution in [2.75, 3.05) is 0 Å². The van der Waals surface area contributed by atoms with E-state index in [2.05, 4.69) is 27.6 Å². The van der Waals surface area contributed by atoms with Crippen molar-refractivity contribution in [1.29, 1.82) is 0 Å². The highest BCUT2D eigenvalue weighted by molar-refractivity contribution is 14.1. The van der Waals surface area contributed by atoms with Crippen LogP contribution in [0.5, 0.6) is 5.75 Å². The minimum Gasteiger partial charge on any atom is -0.483 e. The van der Waals surface area contributed by atoms with Crippen molar-refractivity contribution in [3.63, 3.8) is 0 Å². The zero-order chi connectivity index (χ0) is 13.6. The van der Waals surface area contributed by atoms with Crippen molar-refractivity contribution in [3.05, 3.63) is 49.7 Å². The molecule has 0 atom stereocenters. The van der Waals surface area contributed by atoms with E-state index >= 15 is 0 Å². The van der Waals surface area contributed by atoms with Crippen LogP contribution in [0.2, 0.25) is 0 Å². The van der Waals surface area contributed by atoms with Crippen molar-refractivity contribution in [1.82, 2.24) is 9.55 Å². The van der Waals surface area contributed by atoms with Crippen molar-refractivity contribution in [2.45, 2.75) is 6.61 Å². The molecular weight excluding hydrogens is 363 g/mol. The van der Waals surface area contributed by atoms with Crippen LogP contribution in [0.25, 0.3) is 5.69 Å². The van der Waals surface area contributed by atoms with Crippen LogP contribution in [0.3, 0.4) is 0 Å². The molecule has 0 saturated heterocycles. The van der Waals surface area contributed by atoms with Gasteiger partial charge in [-0.3, -0.25) is 9.36 Å². The van der Waals surface area contributed by atoms with Gasteiger partial charge in [-0.05, 0) is 40.8 Å². The average Bonchev–Trinajstić information content (AvgIpc) is 2.38. The van der Waals surface area contributed by atoms with Gasteiger partial charge in [0.15, 0.2) is 5.82 Å². The number of carboxylic acid groups (broad SMARTS) is 1. The summed E-state index contributed by atoms with van der Waals surface area (Å²) in [6, 6.07) is 5.32. The second-order valence-electron chi connectivity index (χ2n) is 3.93. The summed E-state index contributed by atoms with van der Waals surface area (Å²) >= 11 is 2.13. The van der Waals surface area contributed by atoms with Gasteiger partial charge < -0.3 is 9.84 Å². The fraction of sp³-hybridized carbons (Fsp3) is 0.0833. The summed E-state index contributed by atoms with van der Waals surface area (Å²) in [6.07, 6.45) is 1.07. The quantitative estimate of drug-likeness (QED) is 0.769. The number of fused-ring (bicyclic) bond motifs is 3. The summed E-state index contributed by atoms with van der Waals surface area (Å²) in [5.74, 6) is -0.346. The lowest BCUT2D eigenvalue weighted by Gasteiger charge is -2.21. The van der Waals surface area contributed by atoms with E-state index in [0.29, 0.717) is 17.3 Å². The first kappa shape index (κ1) is 12.2. The van der Waals surface area contributed by atoms with E-state index < -0.39 is 11.5 Å². The maximum Gasteiger partial charge on any atom is 0.342 e. The van der Waals surface area contributed by atoms with Crippen LogP contribution in [0.1, 0.15) is 16.2 Å². The molecule has 0 fully saturated rings. The van der Waals surface area contributed by atoms with Gasteiger partial charge in [0.1, 0.15) is 17.9 Å². The fourth-order valence-electron chi connectivity index (χ4n) is 1.92. The van der Waals surface area contributed by atoms with Crippen molar-refractivity contribution >= 4 is 28.6 Å². The molecule has 0 saturated carbocycles. The molecule has 1 N–H and O–H groups in total. The molecule has 2 aromatic rings. The molecule has 1 aliphatic heterocycles. The Labute approximate surface area is 120 Å². The molecule has 3 rings (SSSR count). The third kappa shape index (κ3) is 1.89. The number of hydrogen-bond acceptors (Lipinski definition) is 4. The van der Waals surface area contributed by atoms with Gasteiger partial charge >= 0.3 is 5.97 Å². The molecular formula is C12H7IN2O4. The fourth-order valence-corrected chi connectivity index (χ4v) is 2.38. The van der Waals surface area contributed by atoms with E-state index in [9.17, 15) is 9.59 Å². The van der Waals surface area contributed by atoms with Crippen molar-refractivity contribution < 1.29 is 14.6 Å². The second-order valence-corrected chi connectivity index (χ2v) is 5.18. The lowest BCUT2D eigenvalue weighted by atomic mass is 10.2. The summed E-state index contributed by atoms with van der Waals surface area (Å²) in [5.41, 5.74) is -0.430. The number of hydrogen-bond donors (Lipinski definition) is 1. The maximum absolute atomic E-state index is 12.2. The van der Waals surface area contributed by atoms with E-state index in [1.165, 1.54) is 4.57 Å². The van der Waals surface area contributed by atoms with Crippen LogP contribution in [0.4, 0.5) is 0 Å². The molecule has 1 aromatic carbocycles. The van der Waals surface area contributed by atoms with Gasteiger partial charge in [0.05, 0.1) is 5.69 Å². The number of halogens is 1. The van der Waals surface area contributed by atoms with Gasteiger partial charge in [-0.1, -0.05) is 0 Å². The van der Waals surface area contributed by atoms with Gasteiger partial charge in [-0.2, -0.15) is 0 Å². The first-order valence-electron chi connectivity index (χ1n) is 5.35. The predicted octanol–water partition coefficient (Wildman–Crippen LogP) is 1.43. The number of carbonyl (C=O) groups is 1. The Morgan fingerprint density at radius 3 is 3.00 bits per heavy atom. The molecule has 1 aliphatic rings. The summed E-state index contributed by atoms with van der Waals surface area (Å²) in [5, 5.41) is 8.97. The minimum atomic E-state index is -1.29. The highest BCUT2D eigenvalue weighted by Crippen LogP contribution is 2.29. The normalized spacial score (nSPS) is 12.3. The number of benzene rings is 1. The lowest BCUT2D eigenvalue weighted by molar-refractivity contribution is 0.0693. The number of aromatic nitrogens is 2. The first-order chi connectivity index (χ1) is 9.08. The summed E-state index contributed by atoms with van der Waals surface area (Å²) < 4.78 is 7.77. The van der Waals surface area contributed by atoms with Crippen LogP contribution in [-0.2, 0) is 6.61 Å². The topological polar surface area (TPSA) is 81.4 Å². The number of carboxylic acids is 1. The van der Waals surface area contributed by atoms with Gasteiger partial charge in [0, 0.05) is 9.77 Å². The van der Waals surface area contributed by atoms with Crippen LogP contribution >= 0.6 is 22.6 Å². The predicted molar refractivity (Wildman–Crippen MR) is 73.8 cm³/mol. The highest BCUT2D eigenvalue weighted by Gasteiger charge is 2.22. The standard InChI is InChI=1S/C12H7IN2O4/c13-6-1-2-8-9(3-6)19-5-10-14-4-7(12(17)18)11(16)15(8)10/h1-4H,5H2,(H,17,18). The Balaban J connectivity index is 2.33. The van der Waals surface area contributed by atoms with E-state index in [1.807, 2.05) is 6.07 Å². The van der Waals surface area contributed by atoms with Crippen LogP contribution in [0.15, 0.2) is 29.2 Å². The summed E-state index contributed by atoms with van der Waals surface area (Å²) in [4.78, 5) is 27.2. The molecule has 2 heterocycles. The SMILES string of the molecule is O=C(O)c1cnc2n(c1=O)-c1ccc(I)cc1OC2. The zero-order valence-electron chi connectivity index (χ0n) is 9.46. The van der Waals surface area contributed by atoms with E-state index in [-0.39, 0.29) is 12.2 Å². The van der Waals surface area contributed by atoms with Gasteiger partial charge in [-0.25, -0.2) is 9.78 Å². The first-order valence-corrected chi connectivity index (χ1v) is 6.43. The maximum atomic E-state index is 12.2. The Hall–Kier alpha value is -1.90. The third-order valence-electron chi connectivity index (χ3n) is 2.78. The van der Waals surface area contributed by atoms with Gasteiger partial charge in [0.25, 0.3) is 5.56 Å². The average molecular weight is 370 g/mol. The van der Waals surface area contributed by atoms with Crippen molar-refractivity contribution in [3.8, 4) is 11.4 Å². The van der Waals surface area contributed by atoms with Crippen LogP contribution in [-0.4, -0.2) is 20.6 Å². The van der Waals surface area contributed by atoms with Crippen LogP contribution in [0, 0.1) is 3.57 Å². The van der Waals surface area contributed by atoms with Crippen LogP contribution < -0.4 is 10.3 Å². The molecule has 1 aromatic heterocycles. The zero-order valence-corrected chi connectivity index (χ0v) is 11.6. The summed E-state index contributed by atoms with van der Waals surface area (Å²) in [6.45, 7) is 0.141. The summed E-state index contributed by atoms with van der Waals surface area (Å²) in [7, 11) is 0.